The zero-order valence-corrected chi connectivity index (χ0v) is 10.7. The van der Waals surface area contributed by atoms with Crippen molar-refractivity contribution < 1.29 is 14.6 Å². The van der Waals surface area contributed by atoms with Gasteiger partial charge >= 0.3 is 5.97 Å². The zero-order valence-electron chi connectivity index (χ0n) is 10.7. The minimum atomic E-state index is -0.936. The fourth-order valence-electron chi connectivity index (χ4n) is 1.98. The number of rotatable bonds is 3. The van der Waals surface area contributed by atoms with Crippen LogP contribution in [0.25, 0.3) is 10.8 Å². The van der Waals surface area contributed by atoms with E-state index in [4.69, 9.17) is 9.84 Å². The number of carboxylic acids is 1. The molecule has 3 heteroatoms. The fourth-order valence-corrected chi connectivity index (χ4v) is 1.98. The van der Waals surface area contributed by atoms with Crippen molar-refractivity contribution in [2.75, 3.05) is 0 Å². The summed E-state index contributed by atoms with van der Waals surface area (Å²) in [6.07, 6.45) is 0.0118. The number of hydrogen-bond donors (Lipinski definition) is 1. The average Bonchev–Trinajstić information content (AvgIpc) is 2.29. The van der Waals surface area contributed by atoms with Gasteiger partial charge < -0.3 is 9.84 Å². The van der Waals surface area contributed by atoms with Gasteiger partial charge in [0.05, 0.1) is 11.7 Å². The molecule has 0 atom stereocenters. The normalized spacial score (nSPS) is 10.9. The Bertz CT molecular complexity index is 600. The van der Waals surface area contributed by atoms with Gasteiger partial charge in [0.1, 0.15) is 5.75 Å². The summed E-state index contributed by atoms with van der Waals surface area (Å²) in [5, 5.41) is 11.0. The summed E-state index contributed by atoms with van der Waals surface area (Å²) in [5.74, 6) is -0.308. The van der Waals surface area contributed by atoms with E-state index in [-0.39, 0.29) is 11.7 Å². The molecular formula is C15H16O3. The van der Waals surface area contributed by atoms with Gasteiger partial charge in [-0.25, -0.2) is 4.79 Å². The number of benzene rings is 2. The van der Waals surface area contributed by atoms with Crippen LogP contribution in [0.5, 0.6) is 5.75 Å². The lowest BCUT2D eigenvalue weighted by atomic mass is 10.0. The van der Waals surface area contributed by atoms with Gasteiger partial charge in [0.25, 0.3) is 0 Å². The first-order valence-corrected chi connectivity index (χ1v) is 5.92. The molecule has 0 radical (unpaired) electrons. The topological polar surface area (TPSA) is 46.5 Å². The molecule has 2 aromatic carbocycles. The van der Waals surface area contributed by atoms with Crippen LogP contribution in [0.15, 0.2) is 30.3 Å². The largest absolute Gasteiger partial charge is 0.490 e. The van der Waals surface area contributed by atoms with E-state index >= 15 is 0 Å². The number of hydrogen-bond acceptors (Lipinski definition) is 2. The molecule has 0 fully saturated rings. The summed E-state index contributed by atoms with van der Waals surface area (Å²) < 4.78 is 5.71. The number of aromatic carboxylic acids is 1. The van der Waals surface area contributed by atoms with E-state index in [9.17, 15) is 4.79 Å². The Balaban J connectivity index is 2.73. The summed E-state index contributed by atoms with van der Waals surface area (Å²) in [4.78, 5) is 11.1. The van der Waals surface area contributed by atoms with Gasteiger partial charge in [0.15, 0.2) is 0 Å². The van der Waals surface area contributed by atoms with Crippen LogP contribution in [0.1, 0.15) is 29.8 Å². The molecule has 18 heavy (non-hydrogen) atoms. The Labute approximate surface area is 106 Å². The highest BCUT2D eigenvalue weighted by Gasteiger charge is 2.12. The lowest BCUT2D eigenvalue weighted by molar-refractivity contribution is 0.0696. The molecule has 0 amide bonds. The Morgan fingerprint density at radius 2 is 1.94 bits per heavy atom. The Kier molecular flexibility index (Phi) is 3.24. The van der Waals surface area contributed by atoms with Crippen molar-refractivity contribution in [1.29, 1.82) is 0 Å². The lowest BCUT2D eigenvalue weighted by Crippen LogP contribution is -2.07. The van der Waals surface area contributed by atoms with Crippen LogP contribution in [0, 0.1) is 6.92 Å². The molecule has 0 saturated heterocycles. The molecule has 0 aromatic heterocycles. The molecule has 0 bridgehead atoms. The van der Waals surface area contributed by atoms with E-state index in [1.54, 1.807) is 12.1 Å². The highest BCUT2D eigenvalue weighted by atomic mass is 16.5. The SMILES string of the molecule is Cc1cccc2c(OC(C)C)cc(C(=O)O)cc12. The summed E-state index contributed by atoms with van der Waals surface area (Å²) >= 11 is 0. The van der Waals surface area contributed by atoms with Crippen molar-refractivity contribution in [3.8, 4) is 5.75 Å². The molecule has 0 unspecified atom stereocenters. The second-order valence-corrected chi connectivity index (χ2v) is 4.62. The van der Waals surface area contributed by atoms with Gasteiger partial charge in [0.2, 0.25) is 0 Å². The molecule has 2 rings (SSSR count). The average molecular weight is 244 g/mol. The quantitative estimate of drug-likeness (QED) is 0.896. The molecule has 3 nitrogen and oxygen atoms in total. The third-order valence-electron chi connectivity index (χ3n) is 2.79. The first-order chi connectivity index (χ1) is 8.49. The Morgan fingerprint density at radius 3 is 2.56 bits per heavy atom. The summed E-state index contributed by atoms with van der Waals surface area (Å²) in [6, 6.07) is 9.15. The van der Waals surface area contributed by atoms with Crippen molar-refractivity contribution in [3.63, 3.8) is 0 Å². The van der Waals surface area contributed by atoms with Crippen molar-refractivity contribution in [1.82, 2.24) is 0 Å². The van der Waals surface area contributed by atoms with Gasteiger partial charge in [-0.3, -0.25) is 0 Å². The summed E-state index contributed by atoms with van der Waals surface area (Å²) in [7, 11) is 0. The van der Waals surface area contributed by atoms with Gasteiger partial charge in [-0.05, 0) is 43.9 Å². The van der Waals surface area contributed by atoms with Crippen molar-refractivity contribution in [2.45, 2.75) is 26.9 Å². The molecule has 2 aromatic rings. The second kappa shape index (κ2) is 4.69. The van der Waals surface area contributed by atoms with Crippen LogP contribution in [0.4, 0.5) is 0 Å². The van der Waals surface area contributed by atoms with E-state index < -0.39 is 5.97 Å². The number of ether oxygens (including phenoxy) is 1. The molecule has 1 N–H and O–H groups in total. The van der Waals surface area contributed by atoms with Crippen LogP contribution < -0.4 is 4.74 Å². The summed E-state index contributed by atoms with van der Waals surface area (Å²) in [5.41, 5.74) is 1.30. The lowest BCUT2D eigenvalue weighted by Gasteiger charge is -2.14. The molecule has 0 aliphatic carbocycles. The number of carboxylic acid groups (broad SMARTS) is 1. The van der Waals surface area contributed by atoms with Crippen LogP contribution in [-0.2, 0) is 0 Å². The number of carbonyl (C=O) groups is 1. The second-order valence-electron chi connectivity index (χ2n) is 4.62. The standard InChI is InChI=1S/C15H16O3/c1-9(2)18-14-8-11(15(16)17)7-13-10(3)5-4-6-12(13)14/h4-9H,1-3H3,(H,16,17). The molecule has 0 saturated carbocycles. The van der Waals surface area contributed by atoms with E-state index in [0.29, 0.717) is 5.75 Å². The molecule has 0 spiro atoms. The maximum atomic E-state index is 11.1. The molecule has 0 heterocycles. The predicted octanol–water partition coefficient (Wildman–Crippen LogP) is 3.63. The van der Waals surface area contributed by atoms with Crippen molar-refractivity contribution >= 4 is 16.7 Å². The van der Waals surface area contributed by atoms with E-state index in [1.807, 2.05) is 39.0 Å². The molecule has 0 aliphatic heterocycles. The smallest absolute Gasteiger partial charge is 0.335 e. The van der Waals surface area contributed by atoms with Crippen LogP contribution in [0.2, 0.25) is 0 Å². The predicted molar refractivity (Wildman–Crippen MR) is 71.4 cm³/mol. The van der Waals surface area contributed by atoms with Gasteiger partial charge in [-0.2, -0.15) is 0 Å². The molecular weight excluding hydrogens is 228 g/mol. The minimum absolute atomic E-state index is 0.0118. The van der Waals surface area contributed by atoms with Gasteiger partial charge in [0, 0.05) is 5.39 Å². The third-order valence-corrected chi connectivity index (χ3v) is 2.79. The van der Waals surface area contributed by atoms with Crippen molar-refractivity contribution in [2.24, 2.45) is 0 Å². The van der Waals surface area contributed by atoms with Crippen LogP contribution >= 0.6 is 0 Å². The Morgan fingerprint density at radius 1 is 1.22 bits per heavy atom. The maximum Gasteiger partial charge on any atom is 0.335 e. The highest BCUT2D eigenvalue weighted by molar-refractivity contribution is 5.98. The maximum absolute atomic E-state index is 11.1. The first-order valence-electron chi connectivity index (χ1n) is 5.92. The van der Waals surface area contributed by atoms with Crippen LogP contribution in [0.3, 0.4) is 0 Å². The van der Waals surface area contributed by atoms with E-state index in [1.165, 1.54) is 0 Å². The molecule has 0 aliphatic rings. The summed E-state index contributed by atoms with van der Waals surface area (Å²) in [6.45, 7) is 5.82. The van der Waals surface area contributed by atoms with Gasteiger partial charge in [-0.1, -0.05) is 18.2 Å². The Hall–Kier alpha value is -2.03. The fraction of sp³-hybridized carbons (Fsp3) is 0.267. The minimum Gasteiger partial charge on any atom is -0.490 e. The third kappa shape index (κ3) is 2.30. The first kappa shape index (κ1) is 12.4. The van der Waals surface area contributed by atoms with Crippen LogP contribution in [-0.4, -0.2) is 17.2 Å². The monoisotopic (exact) mass is 244 g/mol. The number of fused-ring (bicyclic) bond motifs is 1. The highest BCUT2D eigenvalue weighted by Crippen LogP contribution is 2.30. The molecule has 94 valence electrons. The van der Waals surface area contributed by atoms with E-state index in [0.717, 1.165) is 16.3 Å². The van der Waals surface area contributed by atoms with E-state index in [2.05, 4.69) is 0 Å². The van der Waals surface area contributed by atoms with Crippen molar-refractivity contribution in [3.05, 3.63) is 41.5 Å². The van der Waals surface area contributed by atoms with Gasteiger partial charge in [-0.15, -0.1) is 0 Å². The number of aryl methyl sites for hydroxylation is 1. The zero-order chi connectivity index (χ0) is 13.3.